The van der Waals surface area contributed by atoms with Crippen LogP contribution >= 0.6 is 11.8 Å². The number of carbonyl (C=O) groups is 1. The quantitative estimate of drug-likeness (QED) is 0.920. The van der Waals surface area contributed by atoms with Crippen molar-refractivity contribution in [3.05, 3.63) is 18.2 Å². The summed E-state index contributed by atoms with van der Waals surface area (Å²) in [6.07, 6.45) is 9.55. The van der Waals surface area contributed by atoms with Crippen molar-refractivity contribution in [3.8, 4) is 0 Å². The highest BCUT2D eigenvalue weighted by Gasteiger charge is 2.31. The smallest absolute Gasteiger partial charge is 0.317 e. The van der Waals surface area contributed by atoms with E-state index in [1.807, 2.05) is 36.1 Å². The largest absolute Gasteiger partial charge is 0.338 e. The Morgan fingerprint density at radius 1 is 1.52 bits per heavy atom. The first-order valence-electron chi connectivity index (χ1n) is 8.69. The lowest BCUT2D eigenvalue weighted by Gasteiger charge is -2.34. The highest BCUT2D eigenvalue weighted by Crippen LogP contribution is 2.37. The van der Waals surface area contributed by atoms with Gasteiger partial charge >= 0.3 is 6.03 Å². The van der Waals surface area contributed by atoms with Gasteiger partial charge in [-0.2, -0.15) is 11.8 Å². The van der Waals surface area contributed by atoms with E-state index in [4.69, 9.17) is 0 Å². The van der Waals surface area contributed by atoms with Crippen molar-refractivity contribution in [2.24, 2.45) is 13.0 Å². The standard InChI is InChI=1S/C17H28N4OS/c1-17(6-4-10-23-17)13-19-16(22)21-8-3-5-14(12-21)11-15-18-7-9-20(15)2/h7,9,14H,3-6,8,10-13H2,1-2H3,(H,19,22). The molecule has 0 saturated carbocycles. The molecule has 0 aromatic carbocycles. The second-order valence-electron chi connectivity index (χ2n) is 7.17. The number of hydrogen-bond acceptors (Lipinski definition) is 3. The second kappa shape index (κ2) is 7.16. The van der Waals surface area contributed by atoms with E-state index in [0.717, 1.165) is 38.3 Å². The summed E-state index contributed by atoms with van der Waals surface area (Å²) in [5.74, 6) is 2.86. The van der Waals surface area contributed by atoms with Gasteiger partial charge in [-0.25, -0.2) is 9.78 Å². The summed E-state index contributed by atoms with van der Waals surface area (Å²) in [7, 11) is 2.04. The highest BCUT2D eigenvalue weighted by molar-refractivity contribution is 8.00. The van der Waals surface area contributed by atoms with Crippen molar-refractivity contribution in [2.45, 2.75) is 43.8 Å². The first-order valence-corrected chi connectivity index (χ1v) is 9.67. The SMILES string of the molecule is Cn1ccnc1CC1CCCN(C(=O)NCC2(C)CCCS2)C1. The van der Waals surface area contributed by atoms with E-state index in [9.17, 15) is 4.79 Å². The Balaban J connectivity index is 1.49. The second-order valence-corrected chi connectivity index (χ2v) is 8.86. The molecule has 6 heteroatoms. The third-order valence-electron chi connectivity index (χ3n) is 5.11. The van der Waals surface area contributed by atoms with E-state index in [1.165, 1.54) is 25.0 Å². The number of nitrogens with zero attached hydrogens (tertiary/aromatic N) is 3. The minimum absolute atomic E-state index is 0.114. The molecule has 1 N–H and O–H groups in total. The zero-order chi connectivity index (χ0) is 16.3. The summed E-state index contributed by atoms with van der Waals surface area (Å²) in [4.78, 5) is 18.9. The zero-order valence-electron chi connectivity index (χ0n) is 14.3. The minimum atomic E-state index is 0.114. The Bertz CT molecular complexity index is 538. The molecule has 23 heavy (non-hydrogen) atoms. The molecule has 1 aromatic heterocycles. The van der Waals surface area contributed by atoms with Crippen molar-refractivity contribution in [1.29, 1.82) is 0 Å². The number of hydrogen-bond donors (Lipinski definition) is 1. The maximum Gasteiger partial charge on any atom is 0.317 e. The lowest BCUT2D eigenvalue weighted by molar-refractivity contribution is 0.163. The van der Waals surface area contributed by atoms with E-state index in [2.05, 4.69) is 21.8 Å². The number of aryl methyl sites for hydroxylation is 1. The van der Waals surface area contributed by atoms with Crippen LogP contribution in [-0.2, 0) is 13.5 Å². The van der Waals surface area contributed by atoms with Crippen LogP contribution in [0.2, 0.25) is 0 Å². The minimum Gasteiger partial charge on any atom is -0.338 e. The van der Waals surface area contributed by atoms with Crippen LogP contribution in [0.25, 0.3) is 0 Å². The molecule has 2 amide bonds. The van der Waals surface area contributed by atoms with Crippen LogP contribution in [0.15, 0.2) is 12.4 Å². The average Bonchev–Trinajstić information content (AvgIpc) is 3.15. The van der Waals surface area contributed by atoms with Gasteiger partial charge in [-0.05, 0) is 44.3 Å². The van der Waals surface area contributed by atoms with Gasteiger partial charge in [-0.1, -0.05) is 0 Å². The van der Waals surface area contributed by atoms with Crippen molar-refractivity contribution in [3.63, 3.8) is 0 Å². The summed E-state index contributed by atoms with van der Waals surface area (Å²) in [5.41, 5.74) is 0. The predicted molar refractivity (Wildman–Crippen MR) is 94.7 cm³/mol. The molecule has 3 heterocycles. The van der Waals surface area contributed by atoms with Crippen LogP contribution in [0.1, 0.15) is 38.4 Å². The number of thioether (sulfide) groups is 1. The number of carbonyl (C=O) groups excluding carboxylic acids is 1. The fourth-order valence-corrected chi connectivity index (χ4v) is 4.86. The molecule has 2 aliphatic rings. The fourth-order valence-electron chi connectivity index (χ4n) is 3.62. The van der Waals surface area contributed by atoms with Crippen molar-refractivity contribution in [1.82, 2.24) is 19.8 Å². The molecule has 128 valence electrons. The van der Waals surface area contributed by atoms with Gasteiger partial charge in [0.15, 0.2) is 0 Å². The van der Waals surface area contributed by atoms with Gasteiger partial charge in [0.2, 0.25) is 0 Å². The zero-order valence-corrected chi connectivity index (χ0v) is 15.1. The van der Waals surface area contributed by atoms with Crippen LogP contribution in [-0.4, -0.2) is 50.6 Å². The van der Waals surface area contributed by atoms with Gasteiger partial charge in [-0.3, -0.25) is 0 Å². The topological polar surface area (TPSA) is 50.2 Å². The van der Waals surface area contributed by atoms with Crippen LogP contribution in [0.3, 0.4) is 0 Å². The Hall–Kier alpha value is -1.17. The number of rotatable bonds is 4. The normalized spacial score (nSPS) is 28.1. The van der Waals surface area contributed by atoms with E-state index in [-0.39, 0.29) is 10.8 Å². The Morgan fingerprint density at radius 2 is 2.39 bits per heavy atom. The number of urea groups is 1. The van der Waals surface area contributed by atoms with Gasteiger partial charge in [0.25, 0.3) is 0 Å². The van der Waals surface area contributed by atoms with E-state index >= 15 is 0 Å². The molecule has 2 atom stereocenters. The molecular weight excluding hydrogens is 308 g/mol. The Morgan fingerprint density at radius 3 is 3.09 bits per heavy atom. The van der Waals surface area contributed by atoms with Crippen molar-refractivity contribution < 1.29 is 4.79 Å². The number of amides is 2. The molecule has 2 unspecified atom stereocenters. The van der Waals surface area contributed by atoms with Gasteiger partial charge in [0.05, 0.1) is 0 Å². The molecule has 2 fully saturated rings. The number of piperidine rings is 1. The third-order valence-corrected chi connectivity index (χ3v) is 6.65. The molecule has 2 aliphatic heterocycles. The molecule has 0 bridgehead atoms. The summed E-state index contributed by atoms with van der Waals surface area (Å²) < 4.78 is 2.31. The van der Waals surface area contributed by atoms with Crippen LogP contribution < -0.4 is 5.32 Å². The lowest BCUT2D eigenvalue weighted by atomic mass is 9.94. The van der Waals surface area contributed by atoms with Gasteiger partial charge < -0.3 is 14.8 Å². The molecule has 0 aliphatic carbocycles. The molecular formula is C17H28N4OS. The van der Waals surface area contributed by atoms with Crippen LogP contribution in [0.5, 0.6) is 0 Å². The first kappa shape index (κ1) is 16.7. The Kier molecular flexibility index (Phi) is 5.19. The highest BCUT2D eigenvalue weighted by atomic mass is 32.2. The lowest BCUT2D eigenvalue weighted by Crippen LogP contribution is -2.48. The molecule has 0 radical (unpaired) electrons. The molecule has 0 spiro atoms. The maximum absolute atomic E-state index is 12.5. The molecule has 1 aromatic rings. The number of likely N-dealkylation sites (tertiary alicyclic amines) is 1. The third kappa shape index (κ3) is 4.22. The fraction of sp³-hybridized carbons (Fsp3) is 0.765. The first-order chi connectivity index (χ1) is 11.1. The van der Waals surface area contributed by atoms with Gasteiger partial charge in [-0.15, -0.1) is 0 Å². The maximum atomic E-state index is 12.5. The van der Waals surface area contributed by atoms with Gasteiger partial charge in [0, 0.05) is 50.2 Å². The van der Waals surface area contributed by atoms with Crippen molar-refractivity contribution in [2.75, 3.05) is 25.4 Å². The average molecular weight is 337 g/mol. The number of imidazole rings is 1. The number of aromatic nitrogens is 2. The number of nitrogens with one attached hydrogen (secondary N) is 1. The molecule has 5 nitrogen and oxygen atoms in total. The van der Waals surface area contributed by atoms with E-state index in [0.29, 0.717) is 5.92 Å². The predicted octanol–water partition coefficient (Wildman–Crippen LogP) is 2.67. The van der Waals surface area contributed by atoms with Gasteiger partial charge in [0.1, 0.15) is 5.82 Å². The van der Waals surface area contributed by atoms with E-state index < -0.39 is 0 Å². The van der Waals surface area contributed by atoms with Crippen molar-refractivity contribution >= 4 is 17.8 Å². The Labute approximate surface area is 143 Å². The summed E-state index contributed by atoms with van der Waals surface area (Å²) in [5, 5.41) is 3.17. The van der Waals surface area contributed by atoms with Crippen LogP contribution in [0.4, 0.5) is 4.79 Å². The molecule has 2 saturated heterocycles. The van der Waals surface area contributed by atoms with E-state index in [1.54, 1.807) is 0 Å². The molecule has 3 rings (SSSR count). The summed E-state index contributed by atoms with van der Waals surface area (Å²) >= 11 is 1.99. The summed E-state index contributed by atoms with van der Waals surface area (Å²) in [6, 6.07) is 0.114. The summed E-state index contributed by atoms with van der Waals surface area (Å²) in [6.45, 7) is 4.79. The monoisotopic (exact) mass is 336 g/mol. The van der Waals surface area contributed by atoms with Crippen LogP contribution in [0, 0.1) is 5.92 Å².